The van der Waals surface area contributed by atoms with Crippen LogP contribution in [-0.4, -0.2) is 9.78 Å². The third-order valence-corrected chi connectivity index (χ3v) is 3.10. The van der Waals surface area contributed by atoms with Gasteiger partial charge in [0.25, 0.3) is 6.43 Å². The van der Waals surface area contributed by atoms with E-state index in [1.807, 2.05) is 24.3 Å². The number of aromatic nitrogens is 2. The quantitative estimate of drug-likeness (QED) is 0.942. The first-order valence-electron chi connectivity index (χ1n) is 5.39. The molecule has 3 nitrogen and oxygen atoms in total. The largest absolute Gasteiger partial charge is 0.326 e. The summed E-state index contributed by atoms with van der Waals surface area (Å²) in [5.74, 6) is 0. The lowest BCUT2D eigenvalue weighted by Crippen LogP contribution is -2.09. The van der Waals surface area contributed by atoms with Crippen LogP contribution in [-0.2, 0) is 13.1 Å². The number of alkyl halides is 2. The van der Waals surface area contributed by atoms with Crippen molar-refractivity contribution in [3.05, 3.63) is 51.8 Å². The van der Waals surface area contributed by atoms with Crippen molar-refractivity contribution < 1.29 is 8.78 Å². The minimum absolute atomic E-state index is 0.0676. The molecule has 18 heavy (non-hydrogen) atoms. The number of rotatable bonds is 4. The molecule has 2 N–H and O–H groups in total. The summed E-state index contributed by atoms with van der Waals surface area (Å²) in [5.41, 5.74) is 6.62. The molecule has 1 aromatic heterocycles. The molecule has 0 saturated heterocycles. The van der Waals surface area contributed by atoms with Crippen LogP contribution in [0.2, 0.25) is 0 Å². The van der Waals surface area contributed by atoms with E-state index in [0.717, 1.165) is 10.0 Å². The Morgan fingerprint density at radius 1 is 1.39 bits per heavy atom. The lowest BCUT2D eigenvalue weighted by atomic mass is 10.2. The van der Waals surface area contributed by atoms with Gasteiger partial charge in [0.15, 0.2) is 0 Å². The van der Waals surface area contributed by atoms with Gasteiger partial charge in [-0.25, -0.2) is 8.78 Å². The fourth-order valence-electron chi connectivity index (χ4n) is 1.78. The number of benzene rings is 1. The molecule has 0 aliphatic rings. The van der Waals surface area contributed by atoms with Gasteiger partial charge in [0.1, 0.15) is 5.69 Å². The average molecular weight is 316 g/mol. The van der Waals surface area contributed by atoms with Crippen LogP contribution < -0.4 is 5.73 Å². The predicted molar refractivity (Wildman–Crippen MR) is 68.3 cm³/mol. The van der Waals surface area contributed by atoms with E-state index >= 15 is 0 Å². The topological polar surface area (TPSA) is 43.8 Å². The minimum atomic E-state index is -2.57. The predicted octanol–water partition coefficient (Wildman–Crippen LogP) is 3.09. The fourth-order valence-corrected chi connectivity index (χ4v) is 2.22. The van der Waals surface area contributed by atoms with Crippen molar-refractivity contribution in [2.45, 2.75) is 19.5 Å². The molecule has 0 spiro atoms. The molecule has 0 aliphatic carbocycles. The van der Waals surface area contributed by atoms with E-state index in [4.69, 9.17) is 5.73 Å². The number of nitrogens with two attached hydrogens (primary N) is 1. The molecule has 1 heterocycles. The Morgan fingerprint density at radius 3 is 2.78 bits per heavy atom. The normalized spacial score (nSPS) is 11.2. The summed E-state index contributed by atoms with van der Waals surface area (Å²) >= 11 is 3.34. The second kappa shape index (κ2) is 5.58. The highest BCUT2D eigenvalue weighted by atomic mass is 79.9. The van der Waals surface area contributed by atoms with Gasteiger partial charge < -0.3 is 5.73 Å². The molecule has 6 heteroatoms. The first-order chi connectivity index (χ1) is 8.61. The van der Waals surface area contributed by atoms with E-state index in [1.54, 1.807) is 0 Å². The molecular formula is C12H12BrF2N3. The van der Waals surface area contributed by atoms with E-state index < -0.39 is 6.43 Å². The smallest absolute Gasteiger partial charge is 0.280 e. The van der Waals surface area contributed by atoms with E-state index in [9.17, 15) is 8.78 Å². The molecule has 0 saturated carbocycles. The maximum atomic E-state index is 13.0. The van der Waals surface area contributed by atoms with Crippen LogP contribution in [0.5, 0.6) is 0 Å². The minimum Gasteiger partial charge on any atom is -0.326 e. The zero-order chi connectivity index (χ0) is 13.1. The van der Waals surface area contributed by atoms with Crippen LogP contribution in [0.25, 0.3) is 0 Å². The van der Waals surface area contributed by atoms with Crippen LogP contribution in [0.4, 0.5) is 8.78 Å². The van der Waals surface area contributed by atoms with Crippen LogP contribution in [0.1, 0.15) is 23.2 Å². The summed E-state index contributed by atoms with van der Waals surface area (Å²) in [6.07, 6.45) is -1.17. The van der Waals surface area contributed by atoms with Crippen molar-refractivity contribution in [1.82, 2.24) is 9.78 Å². The number of nitrogens with zero attached hydrogens (tertiary/aromatic N) is 2. The maximum Gasteiger partial charge on any atom is 0.280 e. The third kappa shape index (κ3) is 2.76. The summed E-state index contributed by atoms with van der Waals surface area (Å²) in [5, 5.41) is 3.97. The molecule has 0 unspecified atom stereocenters. The molecule has 1 aromatic carbocycles. The van der Waals surface area contributed by atoms with Crippen molar-refractivity contribution in [3.63, 3.8) is 0 Å². The number of halogens is 3. The SMILES string of the molecule is NCc1cnn(Cc2cccc(Br)c2)c1C(F)F. The van der Waals surface area contributed by atoms with Crippen molar-refractivity contribution in [2.75, 3.05) is 0 Å². The van der Waals surface area contributed by atoms with Crippen molar-refractivity contribution in [3.8, 4) is 0 Å². The Bertz CT molecular complexity index is 540. The molecule has 0 atom stereocenters. The molecule has 0 bridgehead atoms. The van der Waals surface area contributed by atoms with Gasteiger partial charge in [-0.1, -0.05) is 28.1 Å². The summed E-state index contributed by atoms with van der Waals surface area (Å²) in [6.45, 7) is 0.372. The third-order valence-electron chi connectivity index (χ3n) is 2.61. The summed E-state index contributed by atoms with van der Waals surface area (Å²) < 4.78 is 28.1. The highest BCUT2D eigenvalue weighted by Crippen LogP contribution is 2.23. The van der Waals surface area contributed by atoms with Gasteiger partial charge in [-0.05, 0) is 17.7 Å². The average Bonchev–Trinajstić information content (AvgIpc) is 2.72. The van der Waals surface area contributed by atoms with E-state index in [0.29, 0.717) is 12.1 Å². The zero-order valence-corrected chi connectivity index (χ0v) is 11.1. The maximum absolute atomic E-state index is 13.0. The number of hydrogen-bond donors (Lipinski definition) is 1. The molecule has 0 fully saturated rings. The van der Waals surface area contributed by atoms with Gasteiger partial charge in [0, 0.05) is 16.6 Å². The zero-order valence-electron chi connectivity index (χ0n) is 9.48. The van der Waals surface area contributed by atoms with Crippen LogP contribution in [0.3, 0.4) is 0 Å². The Labute approximate surface area is 112 Å². The van der Waals surface area contributed by atoms with Gasteiger partial charge >= 0.3 is 0 Å². The monoisotopic (exact) mass is 315 g/mol. The van der Waals surface area contributed by atoms with Crippen molar-refractivity contribution in [2.24, 2.45) is 5.73 Å². The van der Waals surface area contributed by atoms with Crippen molar-refractivity contribution in [1.29, 1.82) is 0 Å². The lowest BCUT2D eigenvalue weighted by Gasteiger charge is -2.08. The van der Waals surface area contributed by atoms with Crippen LogP contribution in [0.15, 0.2) is 34.9 Å². The molecular weight excluding hydrogens is 304 g/mol. The summed E-state index contributed by atoms with van der Waals surface area (Å²) in [7, 11) is 0. The van der Waals surface area contributed by atoms with Gasteiger partial charge in [0.2, 0.25) is 0 Å². The highest BCUT2D eigenvalue weighted by molar-refractivity contribution is 9.10. The van der Waals surface area contributed by atoms with Gasteiger partial charge in [0.05, 0.1) is 12.7 Å². The molecule has 2 aromatic rings. The second-order valence-electron chi connectivity index (χ2n) is 3.85. The van der Waals surface area contributed by atoms with Gasteiger partial charge in [-0.2, -0.15) is 5.10 Å². The van der Waals surface area contributed by atoms with E-state index in [1.165, 1.54) is 10.9 Å². The number of hydrogen-bond acceptors (Lipinski definition) is 2. The Hall–Kier alpha value is -1.27. The van der Waals surface area contributed by atoms with Crippen LogP contribution >= 0.6 is 15.9 Å². The summed E-state index contributed by atoms with van der Waals surface area (Å²) in [6, 6.07) is 7.48. The molecule has 0 amide bonds. The van der Waals surface area contributed by atoms with Crippen molar-refractivity contribution >= 4 is 15.9 Å². The van der Waals surface area contributed by atoms with Gasteiger partial charge in [-0.15, -0.1) is 0 Å². The Balaban J connectivity index is 2.32. The summed E-state index contributed by atoms with van der Waals surface area (Å²) in [4.78, 5) is 0. The first-order valence-corrected chi connectivity index (χ1v) is 6.18. The second-order valence-corrected chi connectivity index (χ2v) is 4.76. The fraction of sp³-hybridized carbons (Fsp3) is 0.250. The lowest BCUT2D eigenvalue weighted by molar-refractivity contribution is 0.138. The van der Waals surface area contributed by atoms with E-state index in [2.05, 4.69) is 21.0 Å². The Kier molecular flexibility index (Phi) is 4.08. The molecule has 0 radical (unpaired) electrons. The molecule has 0 aliphatic heterocycles. The van der Waals surface area contributed by atoms with Gasteiger partial charge in [-0.3, -0.25) is 4.68 Å². The molecule has 96 valence electrons. The molecule has 2 rings (SSSR count). The van der Waals surface area contributed by atoms with Crippen LogP contribution in [0, 0.1) is 0 Å². The first kappa shape index (κ1) is 13.2. The van der Waals surface area contributed by atoms with E-state index in [-0.39, 0.29) is 12.2 Å². The standard InChI is InChI=1S/C12H12BrF2N3/c13-10-3-1-2-8(4-10)7-18-11(12(14)15)9(5-16)6-17-18/h1-4,6,12H,5,7,16H2. The highest BCUT2D eigenvalue weighted by Gasteiger charge is 2.19. The Morgan fingerprint density at radius 2 is 2.17 bits per heavy atom.